The van der Waals surface area contributed by atoms with E-state index >= 15 is 0 Å². The lowest BCUT2D eigenvalue weighted by molar-refractivity contribution is 0.135. The number of methoxy groups -OCH3 is 1. The third kappa shape index (κ3) is 2.99. The SMILES string of the molecule is COCC(C)(N)c1noc(-c2cc(Br)ccc2F)n1. The van der Waals surface area contributed by atoms with Crippen LogP contribution in [0.4, 0.5) is 4.39 Å². The van der Waals surface area contributed by atoms with Crippen LogP contribution in [0.25, 0.3) is 11.5 Å². The largest absolute Gasteiger partial charge is 0.382 e. The molecule has 0 aliphatic heterocycles. The molecule has 0 aliphatic carbocycles. The summed E-state index contributed by atoms with van der Waals surface area (Å²) < 4.78 is 24.5. The smallest absolute Gasteiger partial charge is 0.261 e. The summed E-state index contributed by atoms with van der Waals surface area (Å²) in [4.78, 5) is 4.13. The summed E-state index contributed by atoms with van der Waals surface area (Å²) in [5, 5.41) is 3.78. The van der Waals surface area contributed by atoms with Crippen LogP contribution in [0.2, 0.25) is 0 Å². The quantitative estimate of drug-likeness (QED) is 0.932. The summed E-state index contributed by atoms with van der Waals surface area (Å²) in [5.41, 5.74) is 5.33. The average Bonchev–Trinajstić information content (AvgIpc) is 2.82. The number of ether oxygens (including phenoxy) is 1. The Bertz CT molecular complexity index is 586. The first-order valence-electron chi connectivity index (χ1n) is 5.51. The van der Waals surface area contributed by atoms with Gasteiger partial charge in [0.2, 0.25) is 0 Å². The van der Waals surface area contributed by atoms with Gasteiger partial charge in [-0.3, -0.25) is 0 Å². The summed E-state index contributed by atoms with van der Waals surface area (Å²) in [7, 11) is 1.53. The first-order chi connectivity index (χ1) is 8.94. The van der Waals surface area contributed by atoms with E-state index in [9.17, 15) is 4.39 Å². The van der Waals surface area contributed by atoms with Crippen LogP contribution >= 0.6 is 15.9 Å². The first kappa shape index (κ1) is 14.1. The summed E-state index contributed by atoms with van der Waals surface area (Å²) in [6.45, 7) is 1.94. The van der Waals surface area contributed by atoms with Crippen molar-refractivity contribution in [2.45, 2.75) is 12.5 Å². The van der Waals surface area contributed by atoms with E-state index in [2.05, 4.69) is 26.1 Å². The molecule has 1 aromatic heterocycles. The van der Waals surface area contributed by atoms with Gasteiger partial charge in [0.05, 0.1) is 12.2 Å². The van der Waals surface area contributed by atoms with Crippen LogP contribution in [0, 0.1) is 5.82 Å². The Morgan fingerprint density at radius 1 is 1.53 bits per heavy atom. The van der Waals surface area contributed by atoms with Gasteiger partial charge in [-0.15, -0.1) is 0 Å². The van der Waals surface area contributed by atoms with Crippen molar-refractivity contribution in [3.8, 4) is 11.5 Å². The van der Waals surface area contributed by atoms with Crippen molar-refractivity contribution in [2.75, 3.05) is 13.7 Å². The molecule has 7 heteroatoms. The maximum absolute atomic E-state index is 13.7. The number of rotatable bonds is 4. The van der Waals surface area contributed by atoms with E-state index in [0.717, 1.165) is 4.47 Å². The number of hydrogen-bond acceptors (Lipinski definition) is 5. The molecule has 5 nitrogen and oxygen atoms in total. The van der Waals surface area contributed by atoms with Crippen molar-refractivity contribution < 1.29 is 13.7 Å². The molecule has 0 spiro atoms. The molecule has 1 unspecified atom stereocenters. The van der Waals surface area contributed by atoms with Gasteiger partial charge in [-0.2, -0.15) is 4.98 Å². The Hall–Kier alpha value is -1.31. The lowest BCUT2D eigenvalue weighted by atomic mass is 10.1. The Morgan fingerprint density at radius 2 is 2.26 bits per heavy atom. The van der Waals surface area contributed by atoms with Gasteiger partial charge >= 0.3 is 0 Å². The number of benzene rings is 1. The van der Waals surface area contributed by atoms with Gasteiger partial charge in [0.25, 0.3) is 5.89 Å². The standard InChI is InChI=1S/C12H13BrFN3O2/c1-12(15,6-18-2)11-16-10(19-17-11)8-5-7(13)3-4-9(8)14/h3-5H,6,15H2,1-2H3. The number of hydrogen-bond donors (Lipinski definition) is 1. The van der Waals surface area contributed by atoms with Crippen molar-refractivity contribution >= 4 is 15.9 Å². The molecule has 0 saturated heterocycles. The van der Waals surface area contributed by atoms with Gasteiger partial charge in [-0.05, 0) is 25.1 Å². The fraction of sp³-hybridized carbons (Fsp3) is 0.333. The molecule has 1 aromatic carbocycles. The molecule has 0 bridgehead atoms. The Balaban J connectivity index is 2.38. The first-order valence-corrected chi connectivity index (χ1v) is 6.31. The second kappa shape index (κ2) is 5.36. The van der Waals surface area contributed by atoms with Crippen LogP contribution in [0.15, 0.2) is 27.2 Å². The number of halogens is 2. The van der Waals surface area contributed by atoms with Crippen LogP contribution in [-0.2, 0) is 10.3 Å². The van der Waals surface area contributed by atoms with E-state index < -0.39 is 11.4 Å². The van der Waals surface area contributed by atoms with Crippen LogP contribution in [0.1, 0.15) is 12.7 Å². The van der Waals surface area contributed by atoms with E-state index in [1.54, 1.807) is 19.1 Å². The maximum atomic E-state index is 13.7. The summed E-state index contributed by atoms with van der Waals surface area (Å²) >= 11 is 3.26. The molecule has 1 heterocycles. The molecule has 1 atom stereocenters. The van der Waals surface area contributed by atoms with E-state index in [1.807, 2.05) is 0 Å². The molecule has 0 aliphatic rings. The van der Waals surface area contributed by atoms with Crippen molar-refractivity contribution in [3.63, 3.8) is 0 Å². The van der Waals surface area contributed by atoms with Crippen LogP contribution in [-0.4, -0.2) is 23.9 Å². The van der Waals surface area contributed by atoms with Gasteiger partial charge in [-0.1, -0.05) is 21.1 Å². The number of nitrogens with zero attached hydrogens (tertiary/aromatic N) is 2. The minimum Gasteiger partial charge on any atom is -0.382 e. The summed E-state index contributed by atoms with van der Waals surface area (Å²) in [6, 6.07) is 4.48. The fourth-order valence-corrected chi connectivity index (χ4v) is 1.95. The molecule has 0 saturated carbocycles. The average molecular weight is 330 g/mol. The topological polar surface area (TPSA) is 74.2 Å². The van der Waals surface area contributed by atoms with E-state index in [-0.39, 0.29) is 23.9 Å². The van der Waals surface area contributed by atoms with Crippen LogP contribution in [0.3, 0.4) is 0 Å². The highest BCUT2D eigenvalue weighted by Crippen LogP contribution is 2.26. The second-order valence-corrected chi connectivity index (χ2v) is 5.31. The molecular formula is C12H13BrFN3O2. The van der Waals surface area contributed by atoms with Crippen molar-refractivity contribution in [1.82, 2.24) is 10.1 Å². The Kier molecular flexibility index (Phi) is 3.98. The molecular weight excluding hydrogens is 317 g/mol. The molecule has 2 aromatic rings. The second-order valence-electron chi connectivity index (χ2n) is 4.40. The van der Waals surface area contributed by atoms with Crippen LogP contribution < -0.4 is 5.73 Å². The van der Waals surface area contributed by atoms with Gasteiger partial charge in [0.15, 0.2) is 5.82 Å². The highest BCUT2D eigenvalue weighted by molar-refractivity contribution is 9.10. The monoisotopic (exact) mass is 329 g/mol. The Morgan fingerprint density at radius 3 is 2.95 bits per heavy atom. The fourth-order valence-electron chi connectivity index (χ4n) is 1.59. The Labute approximate surface area is 118 Å². The molecule has 102 valence electrons. The minimum absolute atomic E-state index is 0.0848. The van der Waals surface area contributed by atoms with E-state index in [0.29, 0.717) is 0 Å². The lowest BCUT2D eigenvalue weighted by Crippen LogP contribution is -2.38. The highest BCUT2D eigenvalue weighted by Gasteiger charge is 2.28. The van der Waals surface area contributed by atoms with E-state index in [4.69, 9.17) is 15.0 Å². The molecule has 19 heavy (non-hydrogen) atoms. The minimum atomic E-state index is -0.890. The van der Waals surface area contributed by atoms with Gasteiger partial charge in [-0.25, -0.2) is 4.39 Å². The molecule has 0 radical (unpaired) electrons. The van der Waals surface area contributed by atoms with Crippen LogP contribution in [0.5, 0.6) is 0 Å². The lowest BCUT2D eigenvalue weighted by Gasteiger charge is -2.18. The van der Waals surface area contributed by atoms with Gasteiger partial charge in [0, 0.05) is 11.6 Å². The normalized spacial score (nSPS) is 14.4. The molecule has 2 N–H and O–H groups in total. The van der Waals surface area contributed by atoms with Crippen molar-refractivity contribution in [2.24, 2.45) is 5.73 Å². The number of aromatic nitrogens is 2. The predicted molar refractivity (Wildman–Crippen MR) is 70.8 cm³/mol. The zero-order chi connectivity index (χ0) is 14.0. The zero-order valence-electron chi connectivity index (χ0n) is 10.5. The van der Waals surface area contributed by atoms with Crippen molar-refractivity contribution in [1.29, 1.82) is 0 Å². The third-order valence-electron chi connectivity index (χ3n) is 2.54. The summed E-state index contributed by atoms with van der Waals surface area (Å²) in [5.74, 6) is -0.0887. The third-order valence-corrected chi connectivity index (χ3v) is 3.03. The number of nitrogens with two attached hydrogens (primary N) is 1. The highest BCUT2D eigenvalue weighted by atomic mass is 79.9. The molecule has 0 fully saturated rings. The van der Waals surface area contributed by atoms with E-state index in [1.165, 1.54) is 13.2 Å². The van der Waals surface area contributed by atoms with Gasteiger partial charge < -0.3 is 15.0 Å². The molecule has 2 rings (SSSR count). The predicted octanol–water partition coefficient (Wildman–Crippen LogP) is 2.46. The summed E-state index contributed by atoms with van der Waals surface area (Å²) in [6.07, 6.45) is 0. The maximum Gasteiger partial charge on any atom is 0.261 e. The van der Waals surface area contributed by atoms with Crippen molar-refractivity contribution in [3.05, 3.63) is 34.3 Å². The zero-order valence-corrected chi connectivity index (χ0v) is 12.1. The molecule has 0 amide bonds. The van der Waals surface area contributed by atoms with Gasteiger partial charge in [0.1, 0.15) is 11.4 Å².